The minimum Gasteiger partial charge on any atom is -0.478 e. The van der Waals surface area contributed by atoms with Crippen molar-refractivity contribution < 1.29 is 14.7 Å². The number of rotatable bonds is 3. The van der Waals surface area contributed by atoms with Crippen molar-refractivity contribution in [1.82, 2.24) is 0 Å². The van der Waals surface area contributed by atoms with Gasteiger partial charge in [-0.15, -0.1) is 0 Å². The molecule has 0 aliphatic heterocycles. The molecule has 0 spiro atoms. The second kappa shape index (κ2) is 6.51. The standard InChI is InChI=1S/C18H11Cl2NO3/c19-13-5-12(6-14(20)9-13)17(22)21-16-8-11-4-2-1-3-10(11)7-15(16)18(23)24/h1-9H,(H,21,22)(H,23,24). The van der Waals surface area contributed by atoms with Crippen molar-refractivity contribution >= 4 is 51.5 Å². The molecule has 0 aromatic heterocycles. The first kappa shape index (κ1) is 16.3. The summed E-state index contributed by atoms with van der Waals surface area (Å²) in [6.07, 6.45) is 0. The smallest absolute Gasteiger partial charge is 0.337 e. The maximum atomic E-state index is 12.4. The second-order valence-corrected chi connectivity index (χ2v) is 6.04. The lowest BCUT2D eigenvalue weighted by Gasteiger charge is -2.11. The molecule has 0 fully saturated rings. The van der Waals surface area contributed by atoms with Gasteiger partial charge in [-0.25, -0.2) is 4.79 Å². The van der Waals surface area contributed by atoms with Crippen LogP contribution in [0.3, 0.4) is 0 Å². The lowest BCUT2D eigenvalue weighted by atomic mass is 10.0. The van der Waals surface area contributed by atoms with Gasteiger partial charge in [0.15, 0.2) is 0 Å². The third kappa shape index (κ3) is 3.35. The fourth-order valence-electron chi connectivity index (χ4n) is 2.40. The first-order valence-corrected chi connectivity index (χ1v) is 7.73. The van der Waals surface area contributed by atoms with E-state index in [4.69, 9.17) is 23.2 Å². The predicted molar refractivity (Wildman–Crippen MR) is 95.3 cm³/mol. The van der Waals surface area contributed by atoms with Crippen molar-refractivity contribution in [2.75, 3.05) is 5.32 Å². The average molecular weight is 360 g/mol. The SMILES string of the molecule is O=C(Nc1cc2ccccc2cc1C(=O)O)c1cc(Cl)cc(Cl)c1. The summed E-state index contributed by atoms with van der Waals surface area (Å²) in [4.78, 5) is 23.9. The van der Waals surface area contributed by atoms with Crippen molar-refractivity contribution in [3.05, 3.63) is 75.8 Å². The molecule has 6 heteroatoms. The van der Waals surface area contributed by atoms with Crippen LogP contribution in [0.1, 0.15) is 20.7 Å². The number of halogens is 2. The lowest BCUT2D eigenvalue weighted by Crippen LogP contribution is -2.15. The molecule has 120 valence electrons. The highest BCUT2D eigenvalue weighted by atomic mass is 35.5. The quantitative estimate of drug-likeness (QED) is 0.683. The first-order chi connectivity index (χ1) is 11.4. The monoisotopic (exact) mass is 359 g/mol. The molecule has 0 saturated carbocycles. The van der Waals surface area contributed by atoms with Crippen LogP contribution in [-0.2, 0) is 0 Å². The summed E-state index contributed by atoms with van der Waals surface area (Å²) >= 11 is 11.8. The summed E-state index contributed by atoms with van der Waals surface area (Å²) in [6, 6.07) is 14.9. The van der Waals surface area contributed by atoms with Crippen LogP contribution in [0.4, 0.5) is 5.69 Å². The van der Waals surface area contributed by atoms with Gasteiger partial charge in [-0.2, -0.15) is 0 Å². The van der Waals surface area contributed by atoms with Gasteiger partial charge in [0.05, 0.1) is 11.3 Å². The van der Waals surface area contributed by atoms with E-state index in [1.54, 1.807) is 6.07 Å². The Hall–Kier alpha value is -2.56. The van der Waals surface area contributed by atoms with Gasteiger partial charge in [0.1, 0.15) is 0 Å². The zero-order chi connectivity index (χ0) is 17.3. The summed E-state index contributed by atoms with van der Waals surface area (Å²) in [5.41, 5.74) is 0.467. The topological polar surface area (TPSA) is 66.4 Å². The molecular formula is C18H11Cl2NO3. The van der Waals surface area contributed by atoms with Crippen LogP contribution in [0.15, 0.2) is 54.6 Å². The van der Waals surface area contributed by atoms with E-state index in [-0.39, 0.29) is 16.8 Å². The van der Waals surface area contributed by atoms with Gasteiger partial charge in [0.2, 0.25) is 0 Å². The number of carbonyl (C=O) groups excluding carboxylic acids is 1. The van der Waals surface area contributed by atoms with Gasteiger partial charge in [-0.05, 0) is 41.1 Å². The van der Waals surface area contributed by atoms with Crippen LogP contribution in [0, 0.1) is 0 Å². The Morgan fingerprint density at radius 2 is 1.46 bits per heavy atom. The van der Waals surface area contributed by atoms with Crippen molar-refractivity contribution in [1.29, 1.82) is 0 Å². The Morgan fingerprint density at radius 3 is 2.04 bits per heavy atom. The van der Waals surface area contributed by atoms with E-state index < -0.39 is 11.9 Å². The van der Waals surface area contributed by atoms with Crippen molar-refractivity contribution in [3.63, 3.8) is 0 Å². The number of anilines is 1. The molecule has 3 rings (SSSR count). The molecular weight excluding hydrogens is 349 g/mol. The Bertz CT molecular complexity index is 949. The van der Waals surface area contributed by atoms with E-state index in [9.17, 15) is 14.7 Å². The number of amides is 1. The van der Waals surface area contributed by atoms with Crippen molar-refractivity contribution in [3.8, 4) is 0 Å². The highest BCUT2D eigenvalue weighted by Crippen LogP contribution is 2.26. The van der Waals surface area contributed by atoms with E-state index in [0.29, 0.717) is 10.0 Å². The molecule has 0 aliphatic carbocycles. The van der Waals surface area contributed by atoms with E-state index in [1.807, 2.05) is 24.3 Å². The first-order valence-electron chi connectivity index (χ1n) is 6.97. The molecule has 2 N–H and O–H groups in total. The van der Waals surface area contributed by atoms with Crippen molar-refractivity contribution in [2.45, 2.75) is 0 Å². The predicted octanol–water partition coefficient (Wildman–Crippen LogP) is 5.10. The normalized spacial score (nSPS) is 10.6. The second-order valence-electron chi connectivity index (χ2n) is 5.16. The molecule has 0 bridgehead atoms. The minimum absolute atomic E-state index is 0.00942. The average Bonchev–Trinajstić information content (AvgIpc) is 2.53. The van der Waals surface area contributed by atoms with Crippen LogP contribution >= 0.6 is 23.2 Å². The molecule has 3 aromatic carbocycles. The van der Waals surface area contributed by atoms with Gasteiger partial charge in [0, 0.05) is 15.6 Å². The van der Waals surface area contributed by atoms with Crippen LogP contribution < -0.4 is 5.32 Å². The molecule has 3 aromatic rings. The molecule has 0 unspecified atom stereocenters. The Balaban J connectivity index is 2.03. The number of hydrogen-bond acceptors (Lipinski definition) is 2. The van der Waals surface area contributed by atoms with E-state index in [2.05, 4.69) is 5.32 Å². The summed E-state index contributed by atoms with van der Waals surface area (Å²) in [7, 11) is 0. The fourth-order valence-corrected chi connectivity index (χ4v) is 2.93. The largest absolute Gasteiger partial charge is 0.478 e. The Labute approximate surface area is 147 Å². The van der Waals surface area contributed by atoms with Crippen molar-refractivity contribution in [2.24, 2.45) is 0 Å². The number of nitrogens with one attached hydrogen (secondary N) is 1. The van der Waals surface area contributed by atoms with Gasteiger partial charge < -0.3 is 10.4 Å². The summed E-state index contributed by atoms with van der Waals surface area (Å²) in [5, 5.41) is 14.3. The molecule has 24 heavy (non-hydrogen) atoms. The third-order valence-corrected chi connectivity index (χ3v) is 3.93. The molecule has 0 heterocycles. The number of hydrogen-bond donors (Lipinski definition) is 2. The summed E-state index contributed by atoms with van der Waals surface area (Å²) in [5.74, 6) is -1.61. The lowest BCUT2D eigenvalue weighted by molar-refractivity contribution is 0.0698. The number of carboxylic acid groups (broad SMARTS) is 1. The molecule has 0 saturated heterocycles. The molecule has 0 atom stereocenters. The maximum Gasteiger partial charge on any atom is 0.337 e. The van der Waals surface area contributed by atoms with E-state index in [1.165, 1.54) is 24.3 Å². The van der Waals surface area contributed by atoms with Crippen LogP contribution in [0.2, 0.25) is 10.0 Å². The molecule has 4 nitrogen and oxygen atoms in total. The summed E-state index contributed by atoms with van der Waals surface area (Å²) < 4.78 is 0. The number of carbonyl (C=O) groups is 2. The zero-order valence-corrected chi connectivity index (χ0v) is 13.7. The van der Waals surface area contributed by atoms with Gasteiger partial charge in [-0.1, -0.05) is 47.5 Å². The fraction of sp³-hybridized carbons (Fsp3) is 0. The van der Waals surface area contributed by atoms with Gasteiger partial charge in [-0.3, -0.25) is 4.79 Å². The van der Waals surface area contributed by atoms with Crippen LogP contribution in [0.5, 0.6) is 0 Å². The Morgan fingerprint density at radius 1 is 0.875 bits per heavy atom. The number of benzene rings is 3. The Kier molecular flexibility index (Phi) is 4.42. The number of aromatic carboxylic acids is 1. The number of fused-ring (bicyclic) bond motifs is 1. The third-order valence-electron chi connectivity index (χ3n) is 3.49. The van der Waals surface area contributed by atoms with Gasteiger partial charge >= 0.3 is 5.97 Å². The molecule has 1 amide bonds. The van der Waals surface area contributed by atoms with E-state index in [0.717, 1.165) is 10.8 Å². The zero-order valence-electron chi connectivity index (χ0n) is 12.2. The van der Waals surface area contributed by atoms with Gasteiger partial charge in [0.25, 0.3) is 5.91 Å². The van der Waals surface area contributed by atoms with Crippen LogP contribution in [0.25, 0.3) is 10.8 Å². The highest BCUT2D eigenvalue weighted by Gasteiger charge is 2.15. The summed E-state index contributed by atoms with van der Waals surface area (Å²) in [6.45, 7) is 0. The van der Waals surface area contributed by atoms with E-state index >= 15 is 0 Å². The minimum atomic E-state index is -1.12. The van der Waals surface area contributed by atoms with Crippen LogP contribution in [-0.4, -0.2) is 17.0 Å². The highest BCUT2D eigenvalue weighted by molar-refractivity contribution is 6.35. The molecule has 0 radical (unpaired) electrons. The maximum absolute atomic E-state index is 12.4. The number of carboxylic acids is 1. The molecule has 0 aliphatic rings.